The lowest BCUT2D eigenvalue weighted by molar-refractivity contribution is -0.117. The number of imidazole rings is 1. The van der Waals surface area contributed by atoms with E-state index in [1.807, 2.05) is 42.3 Å². The van der Waals surface area contributed by atoms with Crippen molar-refractivity contribution in [1.29, 1.82) is 0 Å². The molecule has 45 heavy (non-hydrogen) atoms. The Hall–Kier alpha value is -4.77. The first-order valence-electron chi connectivity index (χ1n) is 15.6. The zero-order chi connectivity index (χ0) is 31.0. The van der Waals surface area contributed by atoms with Crippen LogP contribution in [0.1, 0.15) is 41.7 Å². The second kappa shape index (κ2) is 10.4. The minimum absolute atomic E-state index is 0.0122. The molecule has 2 unspecified atom stereocenters. The SMILES string of the molecule is COc1cc(C(=O)N2CC3CCC2[C@@H]3N)cc2nc(-c3cc4ccc(-c5ccc(CC(N)=O)nc5)nc4n3CC3CC3)n(C)c12. The van der Waals surface area contributed by atoms with Crippen molar-refractivity contribution < 1.29 is 14.3 Å². The number of amides is 2. The predicted octanol–water partition coefficient (Wildman–Crippen LogP) is 3.66. The molecule has 0 radical (unpaired) electrons. The molecule has 5 aromatic rings. The Balaban J connectivity index is 1.20. The van der Waals surface area contributed by atoms with Crippen LogP contribution in [0.5, 0.6) is 5.75 Å². The fourth-order valence-electron chi connectivity index (χ4n) is 7.34. The number of rotatable bonds is 8. The highest BCUT2D eigenvalue weighted by Gasteiger charge is 2.47. The van der Waals surface area contributed by atoms with Crippen LogP contribution in [0.25, 0.3) is 44.8 Å². The highest BCUT2D eigenvalue weighted by Crippen LogP contribution is 2.40. The molecule has 0 spiro atoms. The van der Waals surface area contributed by atoms with Gasteiger partial charge in [0.25, 0.3) is 5.91 Å². The minimum atomic E-state index is -0.411. The van der Waals surface area contributed by atoms with E-state index < -0.39 is 5.91 Å². The molecule has 3 fully saturated rings. The number of piperidine rings is 1. The predicted molar refractivity (Wildman–Crippen MR) is 170 cm³/mol. The normalized spacial score (nSPS) is 20.9. The van der Waals surface area contributed by atoms with Crippen molar-refractivity contribution in [3.63, 3.8) is 0 Å². The third kappa shape index (κ3) is 4.64. The summed E-state index contributed by atoms with van der Waals surface area (Å²) in [5.74, 6) is 1.95. The van der Waals surface area contributed by atoms with Crippen molar-refractivity contribution in [2.24, 2.45) is 30.4 Å². The Labute approximate surface area is 260 Å². The third-order valence-corrected chi connectivity index (χ3v) is 9.90. The largest absolute Gasteiger partial charge is 0.494 e. The van der Waals surface area contributed by atoms with Gasteiger partial charge in [0, 0.05) is 60.6 Å². The number of carbonyl (C=O) groups is 2. The number of ether oxygens (including phenoxy) is 1. The van der Waals surface area contributed by atoms with Gasteiger partial charge in [-0.05, 0) is 80.0 Å². The first-order chi connectivity index (χ1) is 21.8. The quantitative estimate of drug-likeness (QED) is 0.275. The van der Waals surface area contributed by atoms with E-state index >= 15 is 0 Å². The smallest absolute Gasteiger partial charge is 0.254 e. The highest BCUT2D eigenvalue weighted by molar-refractivity contribution is 6.00. The van der Waals surface area contributed by atoms with Gasteiger partial charge in [0.2, 0.25) is 5.91 Å². The van der Waals surface area contributed by atoms with Gasteiger partial charge < -0.3 is 30.2 Å². The van der Waals surface area contributed by atoms with Crippen molar-refractivity contribution in [2.45, 2.75) is 50.7 Å². The first-order valence-corrected chi connectivity index (χ1v) is 15.6. The number of methoxy groups -OCH3 is 1. The summed E-state index contributed by atoms with van der Waals surface area (Å²) in [6.45, 7) is 1.55. The van der Waals surface area contributed by atoms with E-state index in [-0.39, 0.29) is 24.4 Å². The average Bonchev–Trinajstić information content (AvgIpc) is 3.44. The lowest BCUT2D eigenvalue weighted by Gasteiger charge is -2.27. The number of aromatic nitrogens is 5. The third-order valence-electron chi connectivity index (χ3n) is 9.90. The van der Waals surface area contributed by atoms with E-state index in [1.54, 1.807) is 13.3 Å². The van der Waals surface area contributed by atoms with Crippen LogP contribution in [0.15, 0.2) is 48.7 Å². The molecule has 3 atom stereocenters. The van der Waals surface area contributed by atoms with Crippen molar-refractivity contribution >= 4 is 33.9 Å². The maximum atomic E-state index is 13.7. The lowest BCUT2D eigenvalue weighted by atomic mass is 10.1. The molecule has 2 amide bonds. The van der Waals surface area contributed by atoms with Gasteiger partial charge >= 0.3 is 0 Å². The summed E-state index contributed by atoms with van der Waals surface area (Å²) in [7, 11) is 3.62. The van der Waals surface area contributed by atoms with Gasteiger partial charge in [-0.3, -0.25) is 14.6 Å². The molecule has 2 bridgehead atoms. The van der Waals surface area contributed by atoms with Crippen LogP contribution in [0.3, 0.4) is 0 Å². The Morgan fingerprint density at radius 2 is 1.89 bits per heavy atom. The number of fused-ring (bicyclic) bond motifs is 4. The van der Waals surface area contributed by atoms with Crippen molar-refractivity contribution in [2.75, 3.05) is 13.7 Å². The van der Waals surface area contributed by atoms with Gasteiger partial charge in [0.1, 0.15) is 16.9 Å². The maximum absolute atomic E-state index is 13.7. The molecule has 11 heteroatoms. The topological polar surface area (TPSA) is 147 Å². The minimum Gasteiger partial charge on any atom is -0.494 e. The lowest BCUT2D eigenvalue weighted by Crippen LogP contribution is -2.41. The number of aryl methyl sites for hydroxylation is 1. The number of benzene rings is 1. The van der Waals surface area contributed by atoms with E-state index in [2.05, 4.69) is 26.3 Å². The second-order valence-corrected chi connectivity index (χ2v) is 12.9. The van der Waals surface area contributed by atoms with Gasteiger partial charge in [-0.2, -0.15) is 0 Å². The van der Waals surface area contributed by atoms with Gasteiger partial charge in [0.05, 0.1) is 30.4 Å². The fraction of sp³-hybridized carbons (Fsp3) is 0.382. The zero-order valence-electron chi connectivity index (χ0n) is 25.4. The zero-order valence-corrected chi connectivity index (χ0v) is 25.4. The number of carbonyl (C=O) groups excluding carboxylic acids is 2. The summed E-state index contributed by atoms with van der Waals surface area (Å²) >= 11 is 0. The summed E-state index contributed by atoms with van der Waals surface area (Å²) < 4.78 is 10.2. The van der Waals surface area contributed by atoms with E-state index in [4.69, 9.17) is 26.2 Å². The first kappa shape index (κ1) is 27.8. The van der Waals surface area contributed by atoms with Gasteiger partial charge in [-0.15, -0.1) is 0 Å². The molecular formula is C34H36N8O3. The standard InChI is InChI=1S/C34H36N8O3/c1-40-31-25(11-22(13-28(31)45-2)34(44)42-17-21-7-10-26(42)30(21)36)39-33(40)27-12-19-6-9-24(38-32(19)41(27)16-18-3-4-18)20-5-8-23(37-15-20)14-29(35)43/h5-6,8-9,11-13,15,18,21,26,30H,3-4,7,10,14,16-17,36H2,1-2H3,(H2,35,43)/t21?,26?,30-/m1/s1. The molecule has 4 N–H and O–H groups in total. The van der Waals surface area contributed by atoms with Gasteiger partial charge in [0.15, 0.2) is 5.82 Å². The van der Waals surface area contributed by atoms with Crippen molar-refractivity contribution in [1.82, 2.24) is 29.0 Å². The van der Waals surface area contributed by atoms with E-state index in [0.29, 0.717) is 40.9 Å². The van der Waals surface area contributed by atoms with E-state index in [9.17, 15) is 9.59 Å². The molecule has 2 saturated carbocycles. The van der Waals surface area contributed by atoms with Crippen LogP contribution < -0.4 is 16.2 Å². The Morgan fingerprint density at radius 1 is 1.04 bits per heavy atom. The average molecular weight is 605 g/mol. The number of pyridine rings is 2. The second-order valence-electron chi connectivity index (χ2n) is 12.9. The van der Waals surface area contributed by atoms with Crippen LogP contribution in [0.2, 0.25) is 0 Å². The Bertz CT molecular complexity index is 1990. The molecule has 4 aromatic heterocycles. The summed E-state index contributed by atoms with van der Waals surface area (Å²) in [5.41, 5.74) is 18.0. The fourth-order valence-corrected chi connectivity index (χ4v) is 7.34. The summed E-state index contributed by atoms with van der Waals surface area (Å²) in [4.78, 5) is 41.6. The molecule has 11 nitrogen and oxygen atoms in total. The Kier molecular flexibility index (Phi) is 6.42. The van der Waals surface area contributed by atoms with Crippen LogP contribution in [-0.4, -0.2) is 66.5 Å². The molecular weight excluding hydrogens is 568 g/mol. The monoisotopic (exact) mass is 604 g/mol. The molecule has 8 rings (SSSR count). The summed E-state index contributed by atoms with van der Waals surface area (Å²) in [6, 6.07) is 13.8. The maximum Gasteiger partial charge on any atom is 0.254 e. The molecule has 3 aliphatic rings. The number of hydrogen-bond acceptors (Lipinski definition) is 7. The van der Waals surface area contributed by atoms with Crippen LogP contribution >= 0.6 is 0 Å². The molecule has 2 aliphatic carbocycles. The number of nitrogens with zero attached hydrogens (tertiary/aromatic N) is 6. The van der Waals surface area contributed by atoms with Crippen LogP contribution in [0, 0.1) is 11.8 Å². The van der Waals surface area contributed by atoms with Crippen molar-refractivity contribution in [3.8, 4) is 28.5 Å². The van der Waals surface area contributed by atoms with Gasteiger partial charge in [-0.25, -0.2) is 9.97 Å². The van der Waals surface area contributed by atoms with Crippen molar-refractivity contribution in [3.05, 3.63) is 59.9 Å². The van der Waals surface area contributed by atoms with Crippen LogP contribution in [-0.2, 0) is 24.8 Å². The summed E-state index contributed by atoms with van der Waals surface area (Å²) in [6.07, 6.45) is 6.27. The van der Waals surface area contributed by atoms with E-state index in [1.165, 1.54) is 12.8 Å². The molecule has 230 valence electrons. The Morgan fingerprint density at radius 3 is 2.56 bits per heavy atom. The number of hydrogen-bond donors (Lipinski definition) is 2. The van der Waals surface area contributed by atoms with Gasteiger partial charge in [-0.1, -0.05) is 0 Å². The molecule has 1 aliphatic heterocycles. The van der Waals surface area contributed by atoms with Crippen LogP contribution in [0.4, 0.5) is 0 Å². The highest BCUT2D eigenvalue weighted by atomic mass is 16.5. The number of primary amides is 1. The number of likely N-dealkylation sites (tertiary alicyclic amines) is 1. The summed E-state index contributed by atoms with van der Waals surface area (Å²) in [5, 5.41) is 1.02. The number of nitrogens with two attached hydrogens (primary N) is 2. The molecule has 1 aromatic carbocycles. The molecule has 5 heterocycles. The molecule has 1 saturated heterocycles. The van der Waals surface area contributed by atoms with E-state index in [0.717, 1.165) is 58.7 Å².